The fraction of sp³-hybridized carbons (Fsp3) is 0.182. The zero-order valence-electron chi connectivity index (χ0n) is 9.30. The molecule has 0 unspecified atom stereocenters. The van der Waals surface area contributed by atoms with Crippen LogP contribution in [-0.4, -0.2) is 16.1 Å². The SMILES string of the molecule is Cc1nnc(NCc2cccc(C(N)=O)c2)s1. The lowest BCUT2D eigenvalue weighted by atomic mass is 10.1. The molecule has 0 aliphatic carbocycles. The van der Waals surface area contributed by atoms with Crippen LogP contribution in [0.2, 0.25) is 0 Å². The van der Waals surface area contributed by atoms with Crippen molar-refractivity contribution in [2.75, 3.05) is 5.32 Å². The van der Waals surface area contributed by atoms with E-state index in [0.717, 1.165) is 15.7 Å². The summed E-state index contributed by atoms with van der Waals surface area (Å²) in [6, 6.07) is 7.19. The third-order valence-corrected chi connectivity index (χ3v) is 2.98. The summed E-state index contributed by atoms with van der Waals surface area (Å²) in [6.45, 7) is 2.49. The molecule has 1 aromatic carbocycles. The van der Waals surface area contributed by atoms with Crippen molar-refractivity contribution in [2.45, 2.75) is 13.5 Å². The van der Waals surface area contributed by atoms with Crippen LogP contribution in [0.4, 0.5) is 5.13 Å². The number of anilines is 1. The molecule has 88 valence electrons. The third-order valence-electron chi connectivity index (χ3n) is 2.18. The first-order chi connectivity index (χ1) is 8.15. The number of nitrogens with one attached hydrogen (secondary N) is 1. The second kappa shape index (κ2) is 4.92. The minimum atomic E-state index is -0.418. The Bertz CT molecular complexity index is 538. The van der Waals surface area contributed by atoms with Crippen molar-refractivity contribution < 1.29 is 4.79 Å². The Hall–Kier alpha value is -1.95. The molecule has 2 aromatic rings. The Kier molecular flexibility index (Phi) is 3.34. The van der Waals surface area contributed by atoms with Gasteiger partial charge < -0.3 is 11.1 Å². The largest absolute Gasteiger partial charge is 0.366 e. The molecule has 3 N–H and O–H groups in total. The number of amides is 1. The molecule has 2 rings (SSSR count). The van der Waals surface area contributed by atoms with Crippen molar-refractivity contribution in [3.63, 3.8) is 0 Å². The number of nitrogens with two attached hydrogens (primary N) is 1. The molecule has 0 bridgehead atoms. The van der Waals surface area contributed by atoms with Crippen LogP contribution in [0.1, 0.15) is 20.9 Å². The van der Waals surface area contributed by atoms with Crippen LogP contribution < -0.4 is 11.1 Å². The quantitative estimate of drug-likeness (QED) is 0.860. The summed E-state index contributed by atoms with van der Waals surface area (Å²) >= 11 is 1.49. The van der Waals surface area contributed by atoms with Gasteiger partial charge in [0.15, 0.2) is 0 Å². The van der Waals surface area contributed by atoms with Crippen LogP contribution in [0.25, 0.3) is 0 Å². The molecule has 0 saturated carbocycles. The number of aryl methyl sites for hydroxylation is 1. The lowest BCUT2D eigenvalue weighted by molar-refractivity contribution is 0.1000. The lowest BCUT2D eigenvalue weighted by Gasteiger charge is -2.03. The van der Waals surface area contributed by atoms with Crippen LogP contribution in [0, 0.1) is 6.92 Å². The summed E-state index contributed by atoms with van der Waals surface area (Å²) in [5, 5.41) is 12.7. The number of hydrogen-bond donors (Lipinski definition) is 2. The van der Waals surface area contributed by atoms with Gasteiger partial charge in [-0.15, -0.1) is 10.2 Å². The van der Waals surface area contributed by atoms with Crippen LogP contribution in [-0.2, 0) is 6.54 Å². The number of hydrogen-bond acceptors (Lipinski definition) is 5. The minimum Gasteiger partial charge on any atom is -0.366 e. The Morgan fingerprint density at radius 2 is 2.29 bits per heavy atom. The Morgan fingerprint density at radius 1 is 1.47 bits per heavy atom. The number of primary amides is 1. The first-order valence-electron chi connectivity index (χ1n) is 5.08. The van der Waals surface area contributed by atoms with E-state index in [1.807, 2.05) is 19.1 Å². The van der Waals surface area contributed by atoms with E-state index < -0.39 is 5.91 Å². The van der Waals surface area contributed by atoms with E-state index in [-0.39, 0.29) is 0 Å². The third kappa shape index (κ3) is 3.01. The Balaban J connectivity index is 2.04. The maximum atomic E-state index is 11.0. The summed E-state index contributed by atoms with van der Waals surface area (Å²) in [7, 11) is 0. The predicted molar refractivity (Wildman–Crippen MR) is 66.9 cm³/mol. The predicted octanol–water partition coefficient (Wildman–Crippen LogP) is 1.56. The van der Waals surface area contributed by atoms with Gasteiger partial charge in [-0.05, 0) is 24.6 Å². The highest BCUT2D eigenvalue weighted by Gasteiger charge is 2.03. The molecule has 0 saturated heterocycles. The van der Waals surface area contributed by atoms with Crippen molar-refractivity contribution in [1.82, 2.24) is 10.2 Å². The number of carbonyl (C=O) groups is 1. The van der Waals surface area contributed by atoms with Crippen LogP contribution in [0.3, 0.4) is 0 Å². The van der Waals surface area contributed by atoms with Crippen LogP contribution in [0.5, 0.6) is 0 Å². The molecular formula is C11H12N4OS. The van der Waals surface area contributed by atoms with Gasteiger partial charge in [0.2, 0.25) is 11.0 Å². The summed E-state index contributed by atoms with van der Waals surface area (Å²) < 4.78 is 0. The molecule has 0 fully saturated rings. The molecule has 1 aromatic heterocycles. The highest BCUT2D eigenvalue weighted by Crippen LogP contribution is 2.15. The fourth-order valence-electron chi connectivity index (χ4n) is 1.38. The average Bonchev–Trinajstić information content (AvgIpc) is 2.73. The summed E-state index contributed by atoms with van der Waals surface area (Å²) in [5.41, 5.74) is 6.71. The van der Waals surface area contributed by atoms with Gasteiger partial charge >= 0.3 is 0 Å². The molecule has 5 nitrogen and oxygen atoms in total. The van der Waals surface area contributed by atoms with E-state index in [4.69, 9.17) is 5.73 Å². The van der Waals surface area contributed by atoms with Crippen molar-refractivity contribution >= 4 is 22.4 Å². The van der Waals surface area contributed by atoms with Crippen molar-refractivity contribution in [3.05, 3.63) is 40.4 Å². The number of nitrogens with zero attached hydrogens (tertiary/aromatic N) is 2. The van der Waals surface area contributed by atoms with E-state index in [0.29, 0.717) is 12.1 Å². The van der Waals surface area contributed by atoms with Gasteiger partial charge in [0, 0.05) is 12.1 Å². The van der Waals surface area contributed by atoms with Gasteiger partial charge in [-0.1, -0.05) is 23.5 Å². The molecule has 0 aliphatic rings. The fourth-order valence-corrected chi connectivity index (χ4v) is 1.97. The van der Waals surface area contributed by atoms with E-state index in [1.54, 1.807) is 12.1 Å². The van der Waals surface area contributed by atoms with E-state index >= 15 is 0 Å². The molecule has 0 radical (unpaired) electrons. The number of rotatable bonds is 4. The van der Waals surface area contributed by atoms with E-state index in [1.165, 1.54) is 11.3 Å². The summed E-state index contributed by atoms with van der Waals surface area (Å²) in [5.74, 6) is -0.418. The maximum Gasteiger partial charge on any atom is 0.248 e. The Morgan fingerprint density at radius 3 is 2.94 bits per heavy atom. The zero-order valence-corrected chi connectivity index (χ0v) is 10.1. The zero-order chi connectivity index (χ0) is 12.3. The van der Waals surface area contributed by atoms with Gasteiger partial charge in [-0.25, -0.2) is 0 Å². The molecule has 0 atom stereocenters. The molecule has 17 heavy (non-hydrogen) atoms. The molecule has 1 heterocycles. The van der Waals surface area contributed by atoms with Gasteiger partial charge in [0.1, 0.15) is 5.01 Å². The first kappa shape index (κ1) is 11.5. The van der Waals surface area contributed by atoms with Gasteiger partial charge in [0.25, 0.3) is 0 Å². The molecule has 0 spiro atoms. The smallest absolute Gasteiger partial charge is 0.248 e. The van der Waals surface area contributed by atoms with Gasteiger partial charge in [-0.2, -0.15) is 0 Å². The lowest BCUT2D eigenvalue weighted by Crippen LogP contribution is -2.11. The highest BCUT2D eigenvalue weighted by molar-refractivity contribution is 7.15. The Labute approximate surface area is 103 Å². The molecule has 0 aliphatic heterocycles. The van der Waals surface area contributed by atoms with E-state index in [2.05, 4.69) is 15.5 Å². The topological polar surface area (TPSA) is 80.9 Å². The van der Waals surface area contributed by atoms with Gasteiger partial charge in [-0.3, -0.25) is 4.79 Å². The highest BCUT2D eigenvalue weighted by atomic mass is 32.1. The number of carbonyl (C=O) groups excluding carboxylic acids is 1. The summed E-state index contributed by atoms with van der Waals surface area (Å²) in [6.07, 6.45) is 0. The number of aromatic nitrogens is 2. The molecule has 6 heteroatoms. The normalized spacial score (nSPS) is 10.2. The first-order valence-corrected chi connectivity index (χ1v) is 5.89. The monoisotopic (exact) mass is 248 g/mol. The van der Waals surface area contributed by atoms with Gasteiger partial charge in [0.05, 0.1) is 0 Å². The van der Waals surface area contributed by atoms with Crippen LogP contribution in [0.15, 0.2) is 24.3 Å². The summed E-state index contributed by atoms with van der Waals surface area (Å²) in [4.78, 5) is 11.0. The van der Waals surface area contributed by atoms with Crippen molar-refractivity contribution in [1.29, 1.82) is 0 Å². The average molecular weight is 248 g/mol. The molecule has 1 amide bonds. The molecular weight excluding hydrogens is 236 g/mol. The number of benzene rings is 1. The van der Waals surface area contributed by atoms with Crippen molar-refractivity contribution in [2.24, 2.45) is 5.73 Å². The second-order valence-electron chi connectivity index (χ2n) is 3.54. The second-order valence-corrected chi connectivity index (χ2v) is 4.73. The standard InChI is InChI=1S/C11H12N4OS/c1-7-14-15-11(17-7)13-6-8-3-2-4-9(5-8)10(12)16/h2-5H,6H2,1H3,(H2,12,16)(H,13,15). The van der Waals surface area contributed by atoms with E-state index in [9.17, 15) is 4.79 Å². The van der Waals surface area contributed by atoms with Crippen LogP contribution >= 0.6 is 11.3 Å². The van der Waals surface area contributed by atoms with Crippen molar-refractivity contribution in [3.8, 4) is 0 Å². The maximum absolute atomic E-state index is 11.0. The minimum absolute atomic E-state index is 0.418.